The molecule has 31 heavy (non-hydrogen) atoms. The van der Waals surface area contributed by atoms with E-state index >= 15 is 0 Å². The first-order valence-corrected chi connectivity index (χ1v) is 11.6. The summed E-state index contributed by atoms with van der Waals surface area (Å²) in [6.45, 7) is 2.84. The quantitative estimate of drug-likeness (QED) is 0.291. The number of nitriles is 1. The highest BCUT2D eigenvalue weighted by molar-refractivity contribution is 7.51. The first kappa shape index (κ1) is 22.1. The monoisotopic (exact) mass is 455 g/mol. The summed E-state index contributed by atoms with van der Waals surface area (Å²) in [6.07, 6.45) is -3.14. The zero-order valence-electron chi connectivity index (χ0n) is 16.6. The maximum absolute atomic E-state index is 11.2. The molecule has 1 unspecified atom stereocenters. The van der Waals surface area contributed by atoms with Crippen molar-refractivity contribution < 1.29 is 38.7 Å². The summed E-state index contributed by atoms with van der Waals surface area (Å²) in [5.74, 6) is 0.531. The molecule has 3 N–H and O–H groups in total. The van der Waals surface area contributed by atoms with Gasteiger partial charge in [-0.1, -0.05) is 0 Å². The van der Waals surface area contributed by atoms with E-state index in [4.69, 9.17) is 14.4 Å². The standard InChI is InChI=1S/C17H22N5O8P/c1-31(25,26)30-28-9-11-13(23)14(24)17(29-11)22-3-2-10-15(21-4-6-27-7-5-21)19-12(8-18)20-16(10)22/h2-3,11,13-14,17,23-24H,4-7,9H2,1H3,(H,25,26)/t11-,13-,14-,17-/m1/s1. The maximum atomic E-state index is 11.2. The van der Waals surface area contributed by atoms with Crippen LogP contribution in [0.25, 0.3) is 11.0 Å². The first-order chi connectivity index (χ1) is 14.8. The highest BCUT2D eigenvalue weighted by Gasteiger charge is 2.44. The SMILES string of the molecule is CP(=O)(O)OOC[C@H]1O[C@@H](n2ccc3c(N4CCOCC4)nc(C#N)nc32)[C@H](O)[C@@H]1O. The Morgan fingerprint density at radius 2 is 2.06 bits per heavy atom. The van der Waals surface area contributed by atoms with Gasteiger partial charge in [-0.25, -0.2) is 14.9 Å². The Kier molecular flexibility index (Phi) is 6.25. The summed E-state index contributed by atoms with van der Waals surface area (Å²) >= 11 is 0. The van der Waals surface area contributed by atoms with Gasteiger partial charge in [0, 0.05) is 26.0 Å². The van der Waals surface area contributed by atoms with Crippen molar-refractivity contribution in [1.29, 1.82) is 5.26 Å². The molecule has 2 aliphatic heterocycles. The fourth-order valence-corrected chi connectivity index (χ4v) is 3.84. The van der Waals surface area contributed by atoms with Gasteiger partial charge in [0.25, 0.3) is 0 Å². The molecule has 4 rings (SSSR count). The van der Waals surface area contributed by atoms with Gasteiger partial charge in [0.15, 0.2) is 6.23 Å². The number of nitrogens with zero attached hydrogens (tertiary/aromatic N) is 5. The number of aromatic nitrogens is 3. The van der Waals surface area contributed by atoms with Gasteiger partial charge in [-0.15, -0.1) is 4.67 Å². The van der Waals surface area contributed by atoms with Crippen molar-refractivity contribution in [2.45, 2.75) is 24.5 Å². The van der Waals surface area contributed by atoms with E-state index in [2.05, 4.69) is 19.5 Å². The number of anilines is 1. The number of fused-ring (bicyclic) bond motifs is 1. The zero-order valence-corrected chi connectivity index (χ0v) is 17.5. The molecule has 13 nitrogen and oxygen atoms in total. The molecular weight excluding hydrogens is 433 g/mol. The van der Waals surface area contributed by atoms with E-state index in [1.165, 1.54) is 4.57 Å². The van der Waals surface area contributed by atoms with Gasteiger partial charge >= 0.3 is 7.60 Å². The number of hydrogen-bond donors (Lipinski definition) is 3. The average molecular weight is 455 g/mol. The highest BCUT2D eigenvalue weighted by atomic mass is 31.2. The molecule has 2 saturated heterocycles. The van der Waals surface area contributed by atoms with Gasteiger partial charge in [0.1, 0.15) is 42.5 Å². The maximum Gasteiger partial charge on any atom is 0.352 e. The van der Waals surface area contributed by atoms with Crippen LogP contribution in [0.2, 0.25) is 0 Å². The van der Waals surface area contributed by atoms with Crippen molar-refractivity contribution >= 4 is 24.4 Å². The third kappa shape index (κ3) is 4.57. The summed E-state index contributed by atoms with van der Waals surface area (Å²) in [5, 5.41) is 30.9. The summed E-state index contributed by atoms with van der Waals surface area (Å²) in [4.78, 5) is 24.4. The lowest BCUT2D eigenvalue weighted by Crippen LogP contribution is -2.37. The van der Waals surface area contributed by atoms with E-state index in [1.54, 1.807) is 12.3 Å². The number of aliphatic hydroxyl groups excluding tert-OH is 2. The van der Waals surface area contributed by atoms with Crippen LogP contribution >= 0.6 is 7.60 Å². The van der Waals surface area contributed by atoms with Crippen LogP contribution in [0.15, 0.2) is 12.3 Å². The van der Waals surface area contributed by atoms with Crippen molar-refractivity contribution in [3.63, 3.8) is 0 Å². The van der Waals surface area contributed by atoms with Gasteiger partial charge in [-0.2, -0.15) is 5.26 Å². The largest absolute Gasteiger partial charge is 0.387 e. The van der Waals surface area contributed by atoms with Crippen molar-refractivity contribution in [3.05, 3.63) is 18.1 Å². The predicted octanol–water partition coefficient (Wildman–Crippen LogP) is -0.478. The van der Waals surface area contributed by atoms with E-state index in [1.807, 2.05) is 11.0 Å². The molecule has 5 atom stereocenters. The van der Waals surface area contributed by atoms with Crippen molar-refractivity contribution in [1.82, 2.24) is 14.5 Å². The Hall–Kier alpha value is -2.14. The second kappa shape index (κ2) is 8.78. The minimum atomic E-state index is -3.87. The highest BCUT2D eigenvalue weighted by Crippen LogP contribution is 2.38. The van der Waals surface area contributed by atoms with Crippen LogP contribution in [0.4, 0.5) is 5.82 Å². The summed E-state index contributed by atoms with van der Waals surface area (Å²) in [6, 6.07) is 3.69. The van der Waals surface area contributed by atoms with Crippen LogP contribution in [0.3, 0.4) is 0 Å². The molecule has 0 aliphatic carbocycles. The van der Waals surface area contributed by atoms with E-state index in [0.29, 0.717) is 43.2 Å². The van der Waals surface area contributed by atoms with Gasteiger partial charge in [0.2, 0.25) is 5.82 Å². The molecule has 14 heteroatoms. The van der Waals surface area contributed by atoms with Crippen molar-refractivity contribution in [2.75, 3.05) is 44.5 Å². The fourth-order valence-electron chi connectivity index (χ4n) is 3.58. The molecule has 0 radical (unpaired) electrons. The van der Waals surface area contributed by atoms with Gasteiger partial charge < -0.3 is 34.0 Å². The molecule has 2 aliphatic rings. The van der Waals surface area contributed by atoms with E-state index in [-0.39, 0.29) is 12.4 Å². The van der Waals surface area contributed by atoms with E-state index < -0.39 is 32.1 Å². The molecule has 2 aromatic rings. The second-order valence-corrected chi connectivity index (χ2v) is 9.01. The Morgan fingerprint density at radius 3 is 2.74 bits per heavy atom. The van der Waals surface area contributed by atoms with Crippen molar-refractivity contribution in [2.24, 2.45) is 0 Å². The van der Waals surface area contributed by atoms with Gasteiger partial charge in [-0.05, 0) is 6.07 Å². The summed E-state index contributed by atoms with van der Waals surface area (Å²) in [5.41, 5.74) is 0.357. The predicted molar refractivity (Wildman–Crippen MR) is 104 cm³/mol. The lowest BCUT2D eigenvalue weighted by molar-refractivity contribution is -0.238. The van der Waals surface area contributed by atoms with Crippen LogP contribution in [0.1, 0.15) is 12.1 Å². The molecule has 0 amide bonds. The minimum absolute atomic E-state index is 0.0445. The average Bonchev–Trinajstić information content (AvgIpc) is 3.29. The molecule has 0 bridgehead atoms. The number of ether oxygens (including phenoxy) is 2. The molecule has 0 saturated carbocycles. The number of hydrogen-bond acceptors (Lipinski definition) is 11. The molecule has 2 fully saturated rings. The van der Waals surface area contributed by atoms with Gasteiger partial charge in [0.05, 0.1) is 18.6 Å². The Bertz CT molecular complexity index is 1030. The summed E-state index contributed by atoms with van der Waals surface area (Å²) in [7, 11) is -3.87. The lowest BCUT2D eigenvalue weighted by atomic mass is 10.1. The van der Waals surface area contributed by atoms with Crippen LogP contribution in [-0.2, 0) is 23.6 Å². The molecule has 2 aromatic heterocycles. The third-order valence-corrected chi connectivity index (χ3v) is 5.38. The molecule has 0 aromatic carbocycles. The van der Waals surface area contributed by atoms with Gasteiger partial charge in [-0.3, -0.25) is 4.57 Å². The van der Waals surface area contributed by atoms with Crippen molar-refractivity contribution in [3.8, 4) is 6.07 Å². The summed E-state index contributed by atoms with van der Waals surface area (Å²) < 4.78 is 28.1. The first-order valence-electron chi connectivity index (χ1n) is 9.53. The molecule has 0 spiro atoms. The van der Waals surface area contributed by atoms with Crippen LogP contribution < -0.4 is 4.90 Å². The Labute approximate surface area is 176 Å². The Balaban J connectivity index is 1.62. The molecule has 168 valence electrons. The smallest absolute Gasteiger partial charge is 0.352 e. The molecular formula is C17H22N5O8P. The van der Waals surface area contributed by atoms with E-state index in [0.717, 1.165) is 6.66 Å². The number of morpholine rings is 1. The van der Waals surface area contributed by atoms with Crippen LogP contribution in [0.5, 0.6) is 0 Å². The normalized spacial score (nSPS) is 28.5. The fraction of sp³-hybridized carbons (Fsp3) is 0.588. The number of aliphatic hydroxyl groups is 2. The van der Waals surface area contributed by atoms with Crippen LogP contribution in [-0.4, -0.2) is 87.5 Å². The zero-order chi connectivity index (χ0) is 22.2. The second-order valence-electron chi connectivity index (χ2n) is 7.25. The van der Waals surface area contributed by atoms with E-state index in [9.17, 15) is 20.0 Å². The molecule has 4 heterocycles. The number of rotatable bonds is 6. The topological polar surface area (TPSA) is 172 Å². The minimum Gasteiger partial charge on any atom is -0.387 e. The Morgan fingerprint density at radius 1 is 1.32 bits per heavy atom. The van der Waals surface area contributed by atoms with Crippen LogP contribution in [0, 0.1) is 11.3 Å². The lowest BCUT2D eigenvalue weighted by Gasteiger charge is -2.28. The third-order valence-electron chi connectivity index (χ3n) is 5.00.